The second-order valence-electron chi connectivity index (χ2n) is 13.2. The Morgan fingerprint density at radius 3 is 2.14 bits per heavy atom. The van der Waals surface area contributed by atoms with Gasteiger partial charge in [0.05, 0.1) is 16.8 Å². The smallest absolute Gasteiger partial charge is 0.0555 e. The maximum absolute atomic E-state index is 2.54. The molecule has 0 spiro atoms. The van der Waals surface area contributed by atoms with E-state index in [1.165, 1.54) is 70.1 Å². The molecular weight excluding hydrogens is 611 g/mol. The van der Waals surface area contributed by atoms with Crippen molar-refractivity contribution in [2.75, 3.05) is 4.90 Å². The van der Waals surface area contributed by atoms with Crippen molar-refractivity contribution in [3.63, 3.8) is 0 Å². The van der Waals surface area contributed by atoms with Gasteiger partial charge in [-0.05, 0) is 81.8 Å². The Bertz CT molecular complexity index is 2590. The number of allylic oxidation sites excluding steroid dienone is 4. The molecule has 0 fully saturated rings. The van der Waals surface area contributed by atoms with Crippen molar-refractivity contribution in [3.05, 3.63) is 199 Å². The molecule has 1 heterocycles. The van der Waals surface area contributed by atoms with E-state index in [0.717, 1.165) is 12.1 Å². The Labute approximate surface area is 290 Å². The van der Waals surface area contributed by atoms with E-state index in [1.54, 1.807) is 0 Å². The van der Waals surface area contributed by atoms with E-state index >= 15 is 0 Å². The van der Waals surface area contributed by atoms with Crippen LogP contribution in [-0.4, -0.2) is 0 Å². The van der Waals surface area contributed by atoms with Crippen molar-refractivity contribution in [1.82, 2.24) is 0 Å². The first-order valence-corrected chi connectivity index (χ1v) is 18.0. The van der Waals surface area contributed by atoms with Crippen LogP contribution in [0.4, 0.5) is 17.1 Å². The normalized spacial score (nSPS) is 17.8. The van der Waals surface area contributed by atoms with Crippen LogP contribution in [0.5, 0.6) is 0 Å². The Morgan fingerprint density at radius 1 is 0.592 bits per heavy atom. The van der Waals surface area contributed by atoms with E-state index in [0.29, 0.717) is 0 Å². The van der Waals surface area contributed by atoms with Crippen LogP contribution in [0.15, 0.2) is 182 Å². The van der Waals surface area contributed by atoms with Crippen molar-refractivity contribution >= 4 is 59.3 Å². The summed E-state index contributed by atoms with van der Waals surface area (Å²) in [5.74, 6) is 0.246. The number of hydrogen-bond acceptors (Lipinski definition) is 2. The predicted octanol–water partition coefficient (Wildman–Crippen LogP) is 13.1. The zero-order chi connectivity index (χ0) is 32.4. The molecule has 0 aliphatic heterocycles. The minimum Gasteiger partial charge on any atom is -0.309 e. The highest BCUT2D eigenvalue weighted by molar-refractivity contribution is 7.26. The molecular formula is C47H33NS. The molecule has 7 aromatic carbocycles. The molecule has 2 atom stereocenters. The summed E-state index contributed by atoms with van der Waals surface area (Å²) in [5.41, 5.74) is 9.94. The number of nitrogens with zero attached hydrogens (tertiary/aromatic N) is 1. The highest BCUT2D eigenvalue weighted by Crippen LogP contribution is 2.63. The van der Waals surface area contributed by atoms with Crippen LogP contribution in [0.1, 0.15) is 23.1 Å². The predicted molar refractivity (Wildman–Crippen MR) is 210 cm³/mol. The second-order valence-corrected chi connectivity index (χ2v) is 14.2. The topological polar surface area (TPSA) is 3.24 Å². The summed E-state index contributed by atoms with van der Waals surface area (Å²) >= 11 is 1.88. The van der Waals surface area contributed by atoms with Gasteiger partial charge in [0, 0.05) is 31.4 Å². The summed E-state index contributed by atoms with van der Waals surface area (Å²) in [6.07, 6.45) is 10.2. The van der Waals surface area contributed by atoms with Crippen molar-refractivity contribution < 1.29 is 0 Å². The molecule has 0 saturated carbocycles. The van der Waals surface area contributed by atoms with Crippen LogP contribution in [0.2, 0.25) is 0 Å². The lowest BCUT2D eigenvalue weighted by atomic mass is 9.61. The number of hydrogen-bond donors (Lipinski definition) is 0. The summed E-state index contributed by atoms with van der Waals surface area (Å²) < 4.78 is 2.61. The van der Waals surface area contributed by atoms with E-state index < -0.39 is 0 Å². The standard InChI is InChI=1S/C47H33NS/c1-4-18-33(19-5-1)47(34-20-6-2-7-21-34)39-27-14-12-25-37(39)45-41(31-32-17-10-11-24-36(32)46(45)47)48(35-22-8-3-9-23-35)40-28-16-30-43-44(40)38-26-13-15-29-42(38)49-43/h1-20,22-31,34H,21H2. The zero-order valence-electron chi connectivity index (χ0n) is 27.0. The van der Waals surface area contributed by atoms with Crippen LogP contribution >= 0.6 is 11.3 Å². The van der Waals surface area contributed by atoms with E-state index in [9.17, 15) is 0 Å². The average Bonchev–Trinajstić information content (AvgIpc) is 3.71. The quantitative estimate of drug-likeness (QED) is 0.180. The fourth-order valence-electron chi connectivity index (χ4n) is 8.80. The van der Waals surface area contributed by atoms with Crippen LogP contribution in [0, 0.1) is 5.92 Å². The lowest BCUT2D eigenvalue weighted by Crippen LogP contribution is -2.35. The maximum Gasteiger partial charge on any atom is 0.0555 e. The Hall–Kier alpha value is -5.70. The Balaban J connectivity index is 1.40. The largest absolute Gasteiger partial charge is 0.309 e. The van der Waals surface area contributed by atoms with Gasteiger partial charge in [0.15, 0.2) is 0 Å². The molecule has 2 aliphatic rings. The molecule has 0 amide bonds. The van der Waals surface area contributed by atoms with E-state index in [-0.39, 0.29) is 11.3 Å². The molecule has 1 aromatic heterocycles. The Morgan fingerprint density at radius 2 is 1.31 bits per heavy atom. The summed E-state index contributed by atoms with van der Waals surface area (Å²) in [6, 6.07) is 58.6. The summed E-state index contributed by atoms with van der Waals surface area (Å²) in [6.45, 7) is 0. The molecule has 0 N–H and O–H groups in total. The van der Waals surface area contributed by atoms with Gasteiger partial charge in [0.2, 0.25) is 0 Å². The van der Waals surface area contributed by atoms with Crippen LogP contribution < -0.4 is 4.90 Å². The molecule has 0 bridgehead atoms. The molecule has 0 saturated heterocycles. The van der Waals surface area contributed by atoms with Gasteiger partial charge in [-0.1, -0.05) is 146 Å². The highest BCUT2D eigenvalue weighted by Gasteiger charge is 2.51. The molecule has 2 aliphatic carbocycles. The van der Waals surface area contributed by atoms with Gasteiger partial charge in [0.1, 0.15) is 0 Å². The molecule has 49 heavy (non-hydrogen) atoms. The van der Waals surface area contributed by atoms with E-state index in [1.807, 2.05) is 11.3 Å². The lowest BCUT2D eigenvalue weighted by molar-refractivity contribution is 0.460. The molecule has 232 valence electrons. The van der Waals surface area contributed by atoms with Crippen molar-refractivity contribution in [2.45, 2.75) is 11.8 Å². The highest BCUT2D eigenvalue weighted by atomic mass is 32.1. The van der Waals surface area contributed by atoms with E-state index in [4.69, 9.17) is 0 Å². The molecule has 0 radical (unpaired) electrons. The number of thiophene rings is 1. The Kier molecular flexibility index (Phi) is 6.47. The third-order valence-corrected chi connectivity index (χ3v) is 11.8. The van der Waals surface area contributed by atoms with Gasteiger partial charge in [-0.2, -0.15) is 0 Å². The molecule has 10 rings (SSSR count). The third kappa shape index (κ3) is 4.11. The summed E-state index contributed by atoms with van der Waals surface area (Å²) in [4.78, 5) is 2.54. The van der Waals surface area contributed by atoms with E-state index in [2.05, 4.69) is 187 Å². The van der Waals surface area contributed by atoms with Gasteiger partial charge < -0.3 is 4.90 Å². The summed E-state index contributed by atoms with van der Waals surface area (Å²) in [7, 11) is 0. The van der Waals surface area contributed by atoms with Gasteiger partial charge >= 0.3 is 0 Å². The molecule has 1 nitrogen and oxygen atoms in total. The SMILES string of the molecule is C1=CCC(C2(c3ccccc3)c3ccccc3-c3c(N(c4ccccc4)c4cccc5sc6ccccc6c45)cc4ccccc4c32)C=C1. The van der Waals surface area contributed by atoms with Crippen molar-refractivity contribution in [1.29, 1.82) is 0 Å². The maximum atomic E-state index is 2.54. The van der Waals surface area contributed by atoms with Crippen molar-refractivity contribution in [2.24, 2.45) is 5.92 Å². The first kappa shape index (κ1) is 28.3. The monoisotopic (exact) mass is 643 g/mol. The van der Waals surface area contributed by atoms with Gasteiger partial charge in [-0.15, -0.1) is 11.3 Å². The van der Waals surface area contributed by atoms with Gasteiger partial charge in [-0.25, -0.2) is 0 Å². The van der Waals surface area contributed by atoms with Crippen LogP contribution in [0.3, 0.4) is 0 Å². The number of para-hydroxylation sites is 1. The fourth-order valence-corrected chi connectivity index (χ4v) is 9.93. The van der Waals surface area contributed by atoms with Gasteiger partial charge in [0.25, 0.3) is 0 Å². The van der Waals surface area contributed by atoms with Crippen LogP contribution in [0.25, 0.3) is 42.1 Å². The third-order valence-electron chi connectivity index (χ3n) is 10.7. The number of fused-ring (bicyclic) bond motifs is 8. The second kappa shape index (κ2) is 11.2. The minimum atomic E-state index is -0.381. The average molecular weight is 644 g/mol. The first-order valence-electron chi connectivity index (χ1n) is 17.1. The molecule has 2 heteroatoms. The first-order chi connectivity index (χ1) is 24.3. The van der Waals surface area contributed by atoms with Gasteiger partial charge in [-0.3, -0.25) is 0 Å². The fraction of sp³-hybridized carbons (Fsp3) is 0.0638. The zero-order valence-corrected chi connectivity index (χ0v) is 27.8. The number of benzene rings is 7. The number of anilines is 3. The number of rotatable bonds is 5. The minimum absolute atomic E-state index is 0.246. The summed E-state index contributed by atoms with van der Waals surface area (Å²) in [5, 5.41) is 5.17. The lowest BCUT2D eigenvalue weighted by Gasteiger charge is -2.40. The molecule has 2 unspecified atom stereocenters. The van der Waals surface area contributed by atoms with Crippen molar-refractivity contribution in [3.8, 4) is 11.1 Å². The molecule has 8 aromatic rings. The van der Waals surface area contributed by atoms with Crippen LogP contribution in [-0.2, 0) is 5.41 Å².